The van der Waals surface area contributed by atoms with Gasteiger partial charge in [0.2, 0.25) is 0 Å². The van der Waals surface area contributed by atoms with Gasteiger partial charge in [0, 0.05) is 40.2 Å². The van der Waals surface area contributed by atoms with Crippen molar-refractivity contribution in [2.75, 3.05) is 9.80 Å². The molecule has 0 amide bonds. The number of nitrogens with zero attached hydrogens (tertiary/aromatic N) is 2. The van der Waals surface area contributed by atoms with E-state index in [9.17, 15) is 4.79 Å². The minimum atomic E-state index is 0. The maximum Gasteiger partial charge on any atom is 1.00 e. The molecule has 3 aliphatic rings. The Balaban J connectivity index is 0.000000173. The number of carbonyl (C=O) groups excluding carboxylic acids is 1. The molecular formula is C41H34ILiN2O2. The van der Waals surface area contributed by atoms with Crippen LogP contribution < -0.4 is 52.6 Å². The number of para-hydroxylation sites is 6. The fraction of sp³-hybridized carbons (Fsp3) is 0.0976. The van der Waals surface area contributed by atoms with Gasteiger partial charge in [0.05, 0.1) is 17.1 Å². The molecule has 3 heterocycles. The molecule has 0 aliphatic carbocycles. The second-order valence-corrected chi connectivity index (χ2v) is 11.2. The van der Waals surface area contributed by atoms with Crippen LogP contribution in [0.3, 0.4) is 0 Å². The molecule has 0 N–H and O–H groups in total. The van der Waals surface area contributed by atoms with Crippen molar-refractivity contribution in [1.82, 2.24) is 0 Å². The minimum Gasteiger partial charge on any atom is -1.00 e. The van der Waals surface area contributed by atoms with Gasteiger partial charge in [-0.05, 0) is 60.2 Å². The van der Waals surface area contributed by atoms with Crippen molar-refractivity contribution in [1.29, 1.82) is 0 Å². The average molecular weight is 721 g/mol. The molecule has 0 saturated carbocycles. The SMILES string of the molecule is C.O=C1Cc2ccccc2N(c2ccccc2)c2ccccc21.[I-].[Li+].c1ccc(N2c3ccccc3C3OC3c3ccccc32)cc1. The van der Waals surface area contributed by atoms with Crippen molar-refractivity contribution in [2.45, 2.75) is 26.1 Å². The molecule has 0 aromatic heterocycles. The van der Waals surface area contributed by atoms with Crippen LogP contribution >= 0.6 is 0 Å². The van der Waals surface area contributed by atoms with E-state index in [2.05, 4.69) is 107 Å². The number of hydrogen-bond acceptors (Lipinski definition) is 4. The molecule has 2 unspecified atom stereocenters. The second kappa shape index (κ2) is 14.8. The van der Waals surface area contributed by atoms with Crippen molar-refractivity contribution >= 4 is 39.9 Å². The van der Waals surface area contributed by atoms with Crippen LogP contribution in [0.1, 0.15) is 46.7 Å². The Bertz CT molecular complexity index is 1930. The molecule has 1 fully saturated rings. The van der Waals surface area contributed by atoms with Crippen molar-refractivity contribution in [3.63, 3.8) is 0 Å². The van der Waals surface area contributed by atoms with Crippen LogP contribution in [-0.4, -0.2) is 5.78 Å². The summed E-state index contributed by atoms with van der Waals surface area (Å²) < 4.78 is 5.97. The molecule has 6 heteroatoms. The largest absolute Gasteiger partial charge is 1.00 e. The van der Waals surface area contributed by atoms with Crippen LogP contribution in [0, 0.1) is 0 Å². The van der Waals surface area contributed by atoms with Crippen LogP contribution in [0.5, 0.6) is 0 Å². The number of ketones is 1. The fourth-order valence-electron chi connectivity index (χ4n) is 6.47. The Morgan fingerprint density at radius 2 is 0.894 bits per heavy atom. The van der Waals surface area contributed by atoms with Gasteiger partial charge in [0.15, 0.2) is 5.78 Å². The number of benzene rings is 6. The molecule has 6 aromatic carbocycles. The Morgan fingerprint density at radius 3 is 1.45 bits per heavy atom. The van der Waals surface area contributed by atoms with Gasteiger partial charge in [-0.25, -0.2) is 0 Å². The Kier molecular flexibility index (Phi) is 10.7. The van der Waals surface area contributed by atoms with E-state index in [1.807, 2.05) is 60.7 Å². The van der Waals surface area contributed by atoms with E-state index in [0.29, 0.717) is 6.42 Å². The number of ether oxygens (including phenoxy) is 1. The van der Waals surface area contributed by atoms with Crippen LogP contribution in [0.25, 0.3) is 0 Å². The summed E-state index contributed by atoms with van der Waals surface area (Å²) in [4.78, 5) is 17.1. The Morgan fingerprint density at radius 1 is 0.489 bits per heavy atom. The summed E-state index contributed by atoms with van der Waals surface area (Å²) >= 11 is 0. The number of fused-ring (bicyclic) bond motifs is 7. The number of carbonyl (C=O) groups is 1. The number of halogens is 1. The van der Waals surface area contributed by atoms with Crippen LogP contribution in [0.2, 0.25) is 0 Å². The first-order valence-electron chi connectivity index (χ1n) is 15.0. The summed E-state index contributed by atoms with van der Waals surface area (Å²) in [5.41, 5.74) is 11.1. The number of Topliss-reactive ketones (excluding diaryl/α,β-unsaturated/α-hetero) is 1. The third kappa shape index (κ3) is 6.42. The predicted molar refractivity (Wildman–Crippen MR) is 184 cm³/mol. The average Bonchev–Trinajstić information content (AvgIpc) is 3.90. The van der Waals surface area contributed by atoms with Crippen molar-refractivity contribution in [2.24, 2.45) is 0 Å². The summed E-state index contributed by atoms with van der Waals surface area (Å²) in [7, 11) is 0. The van der Waals surface area contributed by atoms with Gasteiger partial charge in [0.25, 0.3) is 0 Å². The zero-order valence-corrected chi connectivity index (χ0v) is 27.6. The zero-order valence-electron chi connectivity index (χ0n) is 25.5. The second-order valence-electron chi connectivity index (χ2n) is 11.2. The van der Waals surface area contributed by atoms with Gasteiger partial charge in [-0.1, -0.05) is 111 Å². The number of epoxide rings is 1. The van der Waals surface area contributed by atoms with Crippen molar-refractivity contribution in [3.8, 4) is 0 Å². The van der Waals surface area contributed by atoms with Gasteiger partial charge in [-0.2, -0.15) is 0 Å². The first kappa shape index (κ1) is 34.2. The smallest absolute Gasteiger partial charge is 1.00 e. The quantitative estimate of drug-likeness (QED) is 0.146. The third-order valence-electron chi connectivity index (χ3n) is 8.52. The molecule has 3 aliphatic heterocycles. The van der Waals surface area contributed by atoms with Crippen molar-refractivity contribution in [3.05, 3.63) is 180 Å². The summed E-state index contributed by atoms with van der Waals surface area (Å²) in [6, 6.07) is 53.8. The maximum absolute atomic E-state index is 12.6. The molecule has 0 radical (unpaired) electrons. The molecule has 0 bridgehead atoms. The third-order valence-corrected chi connectivity index (χ3v) is 8.52. The molecule has 228 valence electrons. The summed E-state index contributed by atoms with van der Waals surface area (Å²) in [5.74, 6) is 0.168. The zero-order chi connectivity index (χ0) is 29.5. The number of rotatable bonds is 2. The first-order chi connectivity index (χ1) is 21.8. The molecule has 1 saturated heterocycles. The fourth-order valence-corrected chi connectivity index (χ4v) is 6.47. The van der Waals surface area contributed by atoms with E-state index < -0.39 is 0 Å². The van der Waals surface area contributed by atoms with E-state index in [4.69, 9.17) is 4.74 Å². The van der Waals surface area contributed by atoms with Gasteiger partial charge in [-0.15, -0.1) is 0 Å². The van der Waals surface area contributed by atoms with Crippen LogP contribution in [-0.2, 0) is 11.2 Å². The summed E-state index contributed by atoms with van der Waals surface area (Å²) in [5, 5.41) is 0. The minimum absolute atomic E-state index is 0. The Labute approximate surface area is 306 Å². The number of anilines is 6. The summed E-state index contributed by atoms with van der Waals surface area (Å²) in [6.45, 7) is 0. The Hall–Kier alpha value is -4.12. The van der Waals surface area contributed by atoms with E-state index in [-0.39, 0.29) is 68.3 Å². The van der Waals surface area contributed by atoms with Gasteiger partial charge < -0.3 is 38.5 Å². The standard InChI is InChI=1S/2C20H15NO.CH4.HI.Li/c1-2-8-14(9-3-1)21-17-12-6-4-10-15(17)19-20(22-19)16-11-5-7-13-18(16)21;22-20-14-15-8-4-6-12-18(15)21(16-9-2-1-3-10-16)19-13-7-5-11-17(19)20;;;/h1-13,19-20H;1-13H,14H2;1H4;1H;/q;;;;+1/p-1. The van der Waals surface area contributed by atoms with E-state index in [1.54, 1.807) is 0 Å². The normalized spacial score (nSPS) is 16.2. The topological polar surface area (TPSA) is 36.1 Å². The van der Waals surface area contributed by atoms with E-state index in [0.717, 1.165) is 28.2 Å². The number of hydrogen-bond donors (Lipinski definition) is 0. The molecular weight excluding hydrogens is 686 g/mol. The molecule has 6 aromatic rings. The molecule has 9 rings (SSSR count). The van der Waals surface area contributed by atoms with Gasteiger partial charge >= 0.3 is 18.9 Å². The van der Waals surface area contributed by atoms with Gasteiger partial charge in [0.1, 0.15) is 12.2 Å². The molecule has 47 heavy (non-hydrogen) atoms. The van der Waals surface area contributed by atoms with Gasteiger partial charge in [-0.3, -0.25) is 4.79 Å². The van der Waals surface area contributed by atoms with Crippen LogP contribution in [0.4, 0.5) is 34.1 Å². The molecule has 2 atom stereocenters. The van der Waals surface area contributed by atoms with E-state index >= 15 is 0 Å². The first-order valence-corrected chi connectivity index (χ1v) is 15.0. The predicted octanol–water partition coefficient (Wildman–Crippen LogP) is 4.82. The maximum atomic E-state index is 12.6. The monoisotopic (exact) mass is 720 g/mol. The molecule has 4 nitrogen and oxygen atoms in total. The van der Waals surface area contributed by atoms with Crippen molar-refractivity contribution < 1.29 is 52.4 Å². The van der Waals surface area contributed by atoms with E-state index in [1.165, 1.54) is 28.2 Å². The summed E-state index contributed by atoms with van der Waals surface area (Å²) in [6.07, 6.45) is 0.813. The molecule has 0 spiro atoms. The van der Waals surface area contributed by atoms with Crippen LogP contribution in [0.15, 0.2) is 158 Å².